The van der Waals surface area contributed by atoms with E-state index in [9.17, 15) is 9.50 Å². The van der Waals surface area contributed by atoms with Gasteiger partial charge in [0.05, 0.1) is 5.60 Å². The number of hydrogen-bond acceptors (Lipinski definition) is 3. The molecule has 106 valence electrons. The van der Waals surface area contributed by atoms with Crippen molar-refractivity contribution in [2.24, 2.45) is 0 Å². The molecule has 4 heteroatoms. The number of rotatable bonds is 5. The number of nitrogens with one attached hydrogen (secondary N) is 1. The van der Waals surface area contributed by atoms with E-state index in [4.69, 9.17) is 4.74 Å². The van der Waals surface area contributed by atoms with E-state index in [0.29, 0.717) is 5.75 Å². The molecule has 0 amide bonds. The molecule has 1 aromatic carbocycles. The number of hydrogen-bond donors (Lipinski definition) is 2. The second-order valence-electron chi connectivity index (χ2n) is 5.41. The van der Waals surface area contributed by atoms with Gasteiger partial charge < -0.3 is 15.2 Å². The van der Waals surface area contributed by atoms with E-state index in [1.54, 1.807) is 6.07 Å². The van der Waals surface area contributed by atoms with Crippen LogP contribution in [0.15, 0.2) is 18.2 Å². The van der Waals surface area contributed by atoms with E-state index in [0.717, 1.165) is 31.2 Å². The lowest BCUT2D eigenvalue weighted by Gasteiger charge is -2.24. The number of halogens is 1. The first-order valence-electron chi connectivity index (χ1n) is 6.86. The molecule has 0 spiro atoms. The van der Waals surface area contributed by atoms with Crippen molar-refractivity contribution in [3.8, 4) is 5.75 Å². The second kappa shape index (κ2) is 5.88. The summed E-state index contributed by atoms with van der Waals surface area (Å²) < 4.78 is 19.0. The minimum absolute atomic E-state index is 0.0776. The Morgan fingerprint density at radius 2 is 2.11 bits per heavy atom. The maximum Gasteiger partial charge on any atom is 0.127 e. The van der Waals surface area contributed by atoms with Crippen molar-refractivity contribution in [3.63, 3.8) is 0 Å². The van der Waals surface area contributed by atoms with E-state index in [1.165, 1.54) is 12.1 Å². The lowest BCUT2D eigenvalue weighted by molar-refractivity contribution is 0.000924. The van der Waals surface area contributed by atoms with E-state index in [-0.39, 0.29) is 18.5 Å². The van der Waals surface area contributed by atoms with Crippen molar-refractivity contribution < 1.29 is 14.2 Å². The number of benzene rings is 1. The lowest BCUT2D eigenvalue weighted by Crippen LogP contribution is -2.32. The molecule has 1 fully saturated rings. The fraction of sp³-hybridized carbons (Fsp3) is 0.600. The van der Waals surface area contributed by atoms with Gasteiger partial charge in [-0.1, -0.05) is 18.9 Å². The molecule has 1 saturated carbocycles. The highest BCUT2D eigenvalue weighted by atomic mass is 19.1. The maximum absolute atomic E-state index is 13.3. The Balaban J connectivity index is 2.11. The van der Waals surface area contributed by atoms with Crippen molar-refractivity contribution in [1.29, 1.82) is 0 Å². The van der Waals surface area contributed by atoms with Gasteiger partial charge in [0.25, 0.3) is 0 Å². The normalized spacial score (nSPS) is 19.4. The molecule has 3 nitrogen and oxygen atoms in total. The molecule has 1 unspecified atom stereocenters. The third-order valence-electron chi connectivity index (χ3n) is 3.91. The first-order chi connectivity index (χ1) is 9.04. The Morgan fingerprint density at radius 1 is 1.42 bits per heavy atom. The van der Waals surface area contributed by atoms with Gasteiger partial charge in [-0.2, -0.15) is 0 Å². The molecule has 1 aliphatic rings. The summed E-state index contributed by atoms with van der Waals surface area (Å²) in [6.45, 7) is 2.23. The highest BCUT2D eigenvalue weighted by Crippen LogP contribution is 2.32. The molecule has 0 bridgehead atoms. The zero-order chi connectivity index (χ0) is 13.9. The van der Waals surface area contributed by atoms with E-state index < -0.39 is 5.60 Å². The Kier molecular flexibility index (Phi) is 4.42. The van der Waals surface area contributed by atoms with Gasteiger partial charge in [0, 0.05) is 17.7 Å². The predicted octanol–water partition coefficient (Wildman–Crippen LogP) is 2.79. The van der Waals surface area contributed by atoms with E-state index in [1.807, 2.05) is 14.0 Å². The molecule has 2 rings (SSSR count). The van der Waals surface area contributed by atoms with Gasteiger partial charge in [0.2, 0.25) is 0 Å². The molecule has 1 atom stereocenters. The third-order valence-corrected chi connectivity index (χ3v) is 3.91. The van der Waals surface area contributed by atoms with Crippen LogP contribution in [0.2, 0.25) is 0 Å². The van der Waals surface area contributed by atoms with Crippen LogP contribution in [0.1, 0.15) is 44.2 Å². The molecule has 19 heavy (non-hydrogen) atoms. The van der Waals surface area contributed by atoms with Crippen molar-refractivity contribution in [3.05, 3.63) is 29.6 Å². The largest absolute Gasteiger partial charge is 0.490 e. The minimum atomic E-state index is -0.744. The van der Waals surface area contributed by atoms with Gasteiger partial charge in [-0.25, -0.2) is 4.39 Å². The zero-order valence-corrected chi connectivity index (χ0v) is 11.6. The second-order valence-corrected chi connectivity index (χ2v) is 5.41. The summed E-state index contributed by atoms with van der Waals surface area (Å²) in [5, 5.41) is 13.4. The van der Waals surface area contributed by atoms with Crippen LogP contribution >= 0.6 is 0 Å². The predicted molar refractivity (Wildman–Crippen MR) is 72.8 cm³/mol. The summed E-state index contributed by atoms with van der Waals surface area (Å²) in [5.41, 5.74) is 0.164. The van der Waals surface area contributed by atoms with Gasteiger partial charge >= 0.3 is 0 Å². The van der Waals surface area contributed by atoms with Crippen LogP contribution in [0.25, 0.3) is 0 Å². The Hall–Kier alpha value is -1.13. The molecular formula is C15H22FNO2. The molecule has 0 heterocycles. The topological polar surface area (TPSA) is 41.5 Å². The summed E-state index contributed by atoms with van der Waals surface area (Å²) in [5.74, 6) is 0.197. The highest BCUT2D eigenvalue weighted by molar-refractivity contribution is 5.36. The van der Waals surface area contributed by atoms with Gasteiger partial charge in [-0.05, 0) is 32.9 Å². The number of ether oxygens (including phenoxy) is 1. The Morgan fingerprint density at radius 3 is 2.74 bits per heavy atom. The molecule has 1 aromatic rings. The molecule has 0 aromatic heterocycles. The molecule has 2 N–H and O–H groups in total. The van der Waals surface area contributed by atoms with E-state index >= 15 is 0 Å². The first kappa shape index (κ1) is 14.3. The monoisotopic (exact) mass is 267 g/mol. The SMILES string of the molecule is CNC(C)c1ccc(F)cc1OCC1(O)CCCC1. The van der Waals surface area contributed by atoms with Crippen LogP contribution in [0.5, 0.6) is 5.75 Å². The van der Waals surface area contributed by atoms with Gasteiger partial charge in [-0.15, -0.1) is 0 Å². The van der Waals surface area contributed by atoms with Crippen molar-refractivity contribution >= 4 is 0 Å². The molecular weight excluding hydrogens is 245 g/mol. The molecule has 1 aliphatic carbocycles. The fourth-order valence-corrected chi connectivity index (χ4v) is 2.54. The maximum atomic E-state index is 13.3. The molecule has 0 aliphatic heterocycles. The van der Waals surface area contributed by atoms with Crippen LogP contribution in [-0.2, 0) is 0 Å². The first-order valence-corrected chi connectivity index (χ1v) is 6.86. The average Bonchev–Trinajstić information content (AvgIpc) is 2.83. The minimum Gasteiger partial charge on any atom is -0.490 e. The average molecular weight is 267 g/mol. The van der Waals surface area contributed by atoms with Crippen molar-refractivity contribution in [2.45, 2.75) is 44.2 Å². The number of aliphatic hydroxyl groups is 1. The summed E-state index contributed by atoms with van der Waals surface area (Å²) in [6, 6.07) is 4.63. The quantitative estimate of drug-likeness (QED) is 0.862. The van der Waals surface area contributed by atoms with Gasteiger partial charge in [0.1, 0.15) is 18.2 Å². The standard InChI is InChI=1S/C15H22FNO2/c1-11(17-2)13-6-5-12(16)9-14(13)19-10-15(18)7-3-4-8-15/h5-6,9,11,17-18H,3-4,7-8,10H2,1-2H3. The van der Waals surface area contributed by atoms with Crippen LogP contribution in [0, 0.1) is 5.82 Å². The molecule has 0 radical (unpaired) electrons. The van der Waals surface area contributed by atoms with Crippen LogP contribution in [0.4, 0.5) is 4.39 Å². The lowest BCUT2D eigenvalue weighted by atomic mass is 10.0. The van der Waals surface area contributed by atoms with Crippen LogP contribution in [-0.4, -0.2) is 24.4 Å². The van der Waals surface area contributed by atoms with Crippen molar-refractivity contribution in [1.82, 2.24) is 5.32 Å². The van der Waals surface area contributed by atoms with Crippen LogP contribution in [0.3, 0.4) is 0 Å². The molecule has 0 saturated heterocycles. The van der Waals surface area contributed by atoms with Gasteiger partial charge in [-0.3, -0.25) is 0 Å². The third kappa shape index (κ3) is 3.45. The zero-order valence-electron chi connectivity index (χ0n) is 11.6. The van der Waals surface area contributed by atoms with Crippen LogP contribution < -0.4 is 10.1 Å². The summed E-state index contributed by atoms with van der Waals surface area (Å²) in [4.78, 5) is 0. The highest BCUT2D eigenvalue weighted by Gasteiger charge is 2.32. The fourth-order valence-electron chi connectivity index (χ4n) is 2.54. The summed E-state index contributed by atoms with van der Waals surface area (Å²) in [6.07, 6.45) is 3.59. The Labute approximate surface area is 113 Å². The summed E-state index contributed by atoms with van der Waals surface area (Å²) in [7, 11) is 1.85. The summed E-state index contributed by atoms with van der Waals surface area (Å²) >= 11 is 0. The van der Waals surface area contributed by atoms with Crippen molar-refractivity contribution in [2.75, 3.05) is 13.7 Å². The Bertz CT molecular complexity index is 430. The smallest absolute Gasteiger partial charge is 0.127 e. The van der Waals surface area contributed by atoms with E-state index in [2.05, 4.69) is 5.32 Å². The van der Waals surface area contributed by atoms with Gasteiger partial charge in [0.15, 0.2) is 0 Å².